The van der Waals surface area contributed by atoms with E-state index >= 15 is 0 Å². The van der Waals surface area contributed by atoms with Crippen LogP contribution in [-0.2, 0) is 10.0 Å². The van der Waals surface area contributed by atoms with Crippen LogP contribution in [-0.4, -0.2) is 38.9 Å². The highest BCUT2D eigenvalue weighted by molar-refractivity contribution is 7.89. The van der Waals surface area contributed by atoms with Crippen LogP contribution in [0, 0.1) is 11.8 Å². The molecule has 2 fully saturated rings. The van der Waals surface area contributed by atoms with Crippen LogP contribution in [0.4, 0.5) is 0 Å². The fourth-order valence-electron chi connectivity index (χ4n) is 2.84. The van der Waals surface area contributed by atoms with Gasteiger partial charge in [0.1, 0.15) is 0 Å². The Bertz CT molecular complexity index is 573. The Balaban J connectivity index is 1.91. The molecule has 104 valence electrons. The Morgan fingerprint density at radius 1 is 1.05 bits per heavy atom. The van der Waals surface area contributed by atoms with Crippen molar-refractivity contribution in [2.75, 3.05) is 26.2 Å². The normalized spacial score (nSPS) is 27.7. The Labute approximate surface area is 122 Å². The summed E-state index contributed by atoms with van der Waals surface area (Å²) in [4.78, 5) is 0.179. The summed E-state index contributed by atoms with van der Waals surface area (Å²) in [5.41, 5.74) is 0. The van der Waals surface area contributed by atoms with E-state index in [9.17, 15) is 8.42 Å². The van der Waals surface area contributed by atoms with Crippen molar-refractivity contribution in [1.82, 2.24) is 9.62 Å². The molecule has 2 aliphatic heterocycles. The minimum atomic E-state index is -3.49. The fourth-order valence-corrected chi connectivity index (χ4v) is 5.12. The summed E-state index contributed by atoms with van der Waals surface area (Å²) in [6.45, 7) is 2.94. The van der Waals surface area contributed by atoms with Crippen LogP contribution in [0.5, 0.6) is 0 Å². The van der Waals surface area contributed by atoms with Gasteiger partial charge in [-0.3, -0.25) is 0 Å². The van der Waals surface area contributed by atoms with Crippen LogP contribution in [0.1, 0.15) is 0 Å². The van der Waals surface area contributed by atoms with E-state index < -0.39 is 10.0 Å². The van der Waals surface area contributed by atoms with Crippen LogP contribution in [0.25, 0.3) is 0 Å². The summed E-state index contributed by atoms with van der Waals surface area (Å²) in [6.07, 6.45) is 0. The number of benzene rings is 1. The number of sulfonamides is 1. The SMILES string of the molecule is O=S(=O)(c1cc(Cl)cc(Cl)c1)N1CC2CNCC2C1. The fraction of sp³-hybridized carbons (Fsp3) is 0.500. The number of nitrogens with zero attached hydrogens (tertiary/aromatic N) is 1. The summed E-state index contributed by atoms with van der Waals surface area (Å²) in [6, 6.07) is 4.44. The zero-order valence-electron chi connectivity index (χ0n) is 10.1. The number of nitrogens with one attached hydrogen (secondary N) is 1. The summed E-state index contributed by atoms with van der Waals surface area (Å²) < 4.78 is 26.7. The van der Waals surface area contributed by atoms with Crippen molar-refractivity contribution < 1.29 is 8.42 Å². The van der Waals surface area contributed by atoms with Gasteiger partial charge in [0, 0.05) is 23.1 Å². The van der Waals surface area contributed by atoms with Crippen LogP contribution >= 0.6 is 23.2 Å². The molecule has 0 saturated carbocycles. The van der Waals surface area contributed by atoms with Gasteiger partial charge in [-0.2, -0.15) is 4.31 Å². The molecule has 2 atom stereocenters. The lowest BCUT2D eigenvalue weighted by Gasteiger charge is -2.17. The molecule has 3 rings (SSSR count). The minimum Gasteiger partial charge on any atom is -0.316 e. The van der Waals surface area contributed by atoms with Gasteiger partial charge in [0.05, 0.1) is 4.90 Å². The van der Waals surface area contributed by atoms with Gasteiger partial charge in [-0.1, -0.05) is 23.2 Å². The maximum Gasteiger partial charge on any atom is 0.243 e. The third kappa shape index (κ3) is 2.50. The lowest BCUT2D eigenvalue weighted by Crippen LogP contribution is -2.31. The second-order valence-electron chi connectivity index (χ2n) is 5.11. The second kappa shape index (κ2) is 4.90. The molecule has 7 heteroatoms. The molecular formula is C12H14Cl2N2O2S. The number of fused-ring (bicyclic) bond motifs is 1. The second-order valence-corrected chi connectivity index (χ2v) is 7.92. The van der Waals surface area contributed by atoms with E-state index in [4.69, 9.17) is 23.2 Å². The van der Waals surface area contributed by atoms with Gasteiger partial charge in [-0.25, -0.2) is 8.42 Å². The molecule has 1 aromatic rings. The quantitative estimate of drug-likeness (QED) is 0.904. The lowest BCUT2D eigenvalue weighted by molar-refractivity contribution is 0.448. The lowest BCUT2D eigenvalue weighted by atomic mass is 10.0. The molecule has 0 radical (unpaired) electrons. The minimum absolute atomic E-state index is 0.179. The summed E-state index contributed by atoms with van der Waals surface area (Å²) in [5, 5.41) is 3.97. The third-order valence-corrected chi connectivity index (χ3v) is 6.08. The van der Waals surface area contributed by atoms with Gasteiger partial charge >= 0.3 is 0 Å². The Hall–Kier alpha value is -0.330. The van der Waals surface area contributed by atoms with Gasteiger partial charge in [0.2, 0.25) is 10.0 Å². The van der Waals surface area contributed by atoms with Crippen molar-refractivity contribution >= 4 is 33.2 Å². The monoisotopic (exact) mass is 320 g/mol. The molecule has 0 spiro atoms. The molecule has 19 heavy (non-hydrogen) atoms. The van der Waals surface area contributed by atoms with Crippen LogP contribution in [0.15, 0.2) is 23.1 Å². The molecule has 1 aromatic carbocycles. The molecule has 4 nitrogen and oxygen atoms in total. The number of rotatable bonds is 2. The van der Waals surface area contributed by atoms with Crippen LogP contribution < -0.4 is 5.32 Å². The molecule has 0 aromatic heterocycles. The van der Waals surface area contributed by atoms with Crippen LogP contribution in [0.3, 0.4) is 0 Å². The van der Waals surface area contributed by atoms with Gasteiger partial charge < -0.3 is 5.32 Å². The van der Waals surface area contributed by atoms with Gasteiger partial charge in [0.15, 0.2) is 0 Å². The highest BCUT2D eigenvalue weighted by atomic mass is 35.5. The largest absolute Gasteiger partial charge is 0.316 e. The summed E-state index contributed by atoms with van der Waals surface area (Å²) in [7, 11) is -3.49. The van der Waals surface area contributed by atoms with E-state index in [0.29, 0.717) is 35.0 Å². The van der Waals surface area contributed by atoms with Crippen molar-refractivity contribution in [3.63, 3.8) is 0 Å². The molecule has 0 bridgehead atoms. The number of halogens is 2. The molecule has 1 N–H and O–H groups in total. The van der Waals surface area contributed by atoms with E-state index in [2.05, 4.69) is 5.32 Å². The Kier molecular flexibility index (Phi) is 3.52. The van der Waals surface area contributed by atoms with Crippen LogP contribution in [0.2, 0.25) is 10.0 Å². The maximum atomic E-state index is 12.6. The predicted octanol–water partition coefficient (Wildman–Crippen LogP) is 1.83. The Morgan fingerprint density at radius 2 is 1.58 bits per heavy atom. The van der Waals surface area contributed by atoms with Gasteiger partial charge in [0.25, 0.3) is 0 Å². The highest BCUT2D eigenvalue weighted by Crippen LogP contribution is 2.32. The first-order valence-corrected chi connectivity index (χ1v) is 8.33. The molecule has 0 aliphatic carbocycles. The third-order valence-electron chi connectivity index (χ3n) is 3.83. The molecule has 2 aliphatic rings. The van der Waals surface area contributed by atoms with Crippen molar-refractivity contribution in [1.29, 1.82) is 0 Å². The zero-order valence-corrected chi connectivity index (χ0v) is 12.5. The molecular weight excluding hydrogens is 307 g/mol. The summed E-state index contributed by atoms with van der Waals surface area (Å²) in [5.74, 6) is 0.842. The van der Waals surface area contributed by atoms with E-state index in [1.54, 1.807) is 4.31 Å². The molecule has 2 heterocycles. The number of hydrogen-bond donors (Lipinski definition) is 1. The number of hydrogen-bond acceptors (Lipinski definition) is 3. The van der Waals surface area contributed by atoms with Gasteiger partial charge in [-0.15, -0.1) is 0 Å². The van der Waals surface area contributed by atoms with Crippen molar-refractivity contribution in [3.05, 3.63) is 28.2 Å². The zero-order chi connectivity index (χ0) is 13.6. The Morgan fingerprint density at radius 3 is 2.11 bits per heavy atom. The smallest absolute Gasteiger partial charge is 0.243 e. The molecule has 2 saturated heterocycles. The molecule has 2 unspecified atom stereocenters. The predicted molar refractivity (Wildman–Crippen MR) is 75.1 cm³/mol. The van der Waals surface area contributed by atoms with E-state index in [1.807, 2.05) is 0 Å². The maximum absolute atomic E-state index is 12.6. The van der Waals surface area contributed by atoms with E-state index in [0.717, 1.165) is 13.1 Å². The highest BCUT2D eigenvalue weighted by Gasteiger charge is 2.41. The first kappa shape index (κ1) is 13.6. The molecule has 0 amide bonds. The van der Waals surface area contributed by atoms with Crippen molar-refractivity contribution in [2.45, 2.75) is 4.90 Å². The van der Waals surface area contributed by atoms with E-state index in [1.165, 1.54) is 18.2 Å². The average molecular weight is 321 g/mol. The average Bonchev–Trinajstić information content (AvgIpc) is 2.87. The van der Waals surface area contributed by atoms with Crippen molar-refractivity contribution in [3.8, 4) is 0 Å². The topological polar surface area (TPSA) is 49.4 Å². The first-order chi connectivity index (χ1) is 8.96. The summed E-state index contributed by atoms with van der Waals surface area (Å²) >= 11 is 11.8. The van der Waals surface area contributed by atoms with Gasteiger partial charge in [-0.05, 0) is 43.1 Å². The van der Waals surface area contributed by atoms with Crippen molar-refractivity contribution in [2.24, 2.45) is 11.8 Å². The first-order valence-electron chi connectivity index (χ1n) is 6.14. The van der Waals surface area contributed by atoms with E-state index in [-0.39, 0.29) is 4.90 Å². The standard InChI is InChI=1S/C12H14Cl2N2O2S/c13-10-1-11(14)3-12(2-10)19(17,18)16-6-8-4-15-5-9(8)7-16/h1-3,8-9,15H,4-7H2.